The Bertz CT molecular complexity index is 880. The van der Waals surface area contributed by atoms with Gasteiger partial charge >= 0.3 is 5.97 Å². The fourth-order valence-corrected chi connectivity index (χ4v) is 3.37. The topological polar surface area (TPSA) is 77.0 Å². The number of thiazole rings is 1. The number of hydrogen-bond donors (Lipinski definition) is 1. The lowest BCUT2D eigenvalue weighted by atomic mass is 10.3. The molecule has 0 atom stereocenters. The Morgan fingerprint density at radius 1 is 1.48 bits per heavy atom. The smallest absolute Gasteiger partial charge is 0.311 e. The number of aromatic nitrogens is 3. The van der Waals surface area contributed by atoms with Gasteiger partial charge in [-0.2, -0.15) is 4.68 Å². The second kappa shape index (κ2) is 5.45. The summed E-state index contributed by atoms with van der Waals surface area (Å²) in [5, 5.41) is 3.41. The number of carbonyl (C=O) groups excluding carboxylic acids is 1. The van der Waals surface area contributed by atoms with Crippen LogP contribution in [0.25, 0.3) is 15.3 Å². The molecule has 1 aromatic carbocycles. The first-order valence-corrected chi connectivity index (χ1v) is 7.62. The van der Waals surface area contributed by atoms with Gasteiger partial charge in [-0.15, -0.1) is 0 Å². The number of hydrogen-bond acceptors (Lipinski definition) is 5. The Morgan fingerprint density at radius 2 is 2.29 bits per heavy atom. The Morgan fingerprint density at radius 3 is 3.05 bits per heavy atom. The summed E-state index contributed by atoms with van der Waals surface area (Å²) in [6, 6.07) is 7.09. The highest BCUT2D eigenvalue weighted by atomic mass is 79.9. The summed E-state index contributed by atoms with van der Waals surface area (Å²) in [7, 11) is 1.31. The lowest BCUT2D eigenvalue weighted by Gasteiger charge is -1.97. The summed E-state index contributed by atoms with van der Waals surface area (Å²) in [6.45, 7) is 0. The summed E-state index contributed by atoms with van der Waals surface area (Å²) >= 11 is 4.79. The molecule has 3 rings (SSSR count). The van der Waals surface area contributed by atoms with Crippen molar-refractivity contribution in [3.05, 3.63) is 44.8 Å². The third kappa shape index (κ3) is 2.77. The number of methoxy groups -OCH3 is 1. The first kappa shape index (κ1) is 14.0. The highest BCUT2D eigenvalue weighted by Crippen LogP contribution is 2.26. The van der Waals surface area contributed by atoms with Crippen LogP contribution in [0, 0.1) is 0 Å². The van der Waals surface area contributed by atoms with E-state index in [2.05, 4.69) is 30.7 Å². The zero-order valence-electron chi connectivity index (χ0n) is 10.9. The summed E-state index contributed by atoms with van der Waals surface area (Å²) in [4.78, 5) is 27.6. The van der Waals surface area contributed by atoms with Crippen LogP contribution in [-0.4, -0.2) is 27.8 Å². The van der Waals surface area contributed by atoms with Gasteiger partial charge in [0.15, 0.2) is 0 Å². The van der Waals surface area contributed by atoms with E-state index in [1.165, 1.54) is 29.2 Å². The molecule has 0 spiro atoms. The molecule has 0 saturated carbocycles. The maximum atomic E-state index is 12.0. The molecule has 0 radical (unpaired) electrons. The number of H-pyrrole nitrogens is 1. The molecular formula is C13H10BrN3O3S. The Labute approximate surface area is 131 Å². The van der Waals surface area contributed by atoms with Gasteiger partial charge in [0.1, 0.15) is 0 Å². The molecule has 3 aromatic rings. The number of fused-ring (bicyclic) bond motifs is 1. The van der Waals surface area contributed by atoms with Gasteiger partial charge in [0.05, 0.1) is 23.7 Å². The van der Waals surface area contributed by atoms with Crippen LogP contribution in [0.2, 0.25) is 0 Å². The second-order valence-electron chi connectivity index (χ2n) is 4.32. The normalized spacial score (nSPS) is 11.0. The van der Waals surface area contributed by atoms with Crippen molar-refractivity contribution in [2.75, 3.05) is 7.11 Å². The molecular weight excluding hydrogens is 358 g/mol. The SMILES string of the molecule is COC(=O)Cc1cc(=O)n(-c2nc3ccc(Br)cc3s2)[nH]1. The van der Waals surface area contributed by atoms with E-state index >= 15 is 0 Å². The molecule has 0 fully saturated rings. The number of benzene rings is 1. The summed E-state index contributed by atoms with van der Waals surface area (Å²) < 4.78 is 7.83. The van der Waals surface area contributed by atoms with Crippen molar-refractivity contribution in [2.45, 2.75) is 6.42 Å². The lowest BCUT2D eigenvalue weighted by Crippen LogP contribution is -2.12. The lowest BCUT2D eigenvalue weighted by molar-refractivity contribution is -0.139. The molecule has 0 aliphatic carbocycles. The minimum atomic E-state index is -0.406. The van der Waals surface area contributed by atoms with E-state index in [1.807, 2.05) is 18.2 Å². The number of halogens is 1. The molecule has 108 valence electrons. The van der Waals surface area contributed by atoms with Gasteiger partial charge in [0, 0.05) is 16.2 Å². The molecule has 2 aromatic heterocycles. The number of carbonyl (C=O) groups is 1. The van der Waals surface area contributed by atoms with Gasteiger partial charge in [-0.05, 0) is 18.2 Å². The van der Waals surface area contributed by atoms with Crippen LogP contribution in [0.3, 0.4) is 0 Å². The third-order valence-corrected chi connectivity index (χ3v) is 4.36. The quantitative estimate of drug-likeness (QED) is 0.720. The van der Waals surface area contributed by atoms with Gasteiger partial charge in [-0.1, -0.05) is 27.3 Å². The summed E-state index contributed by atoms with van der Waals surface area (Å²) in [5.41, 5.74) is 1.05. The number of nitrogens with zero attached hydrogens (tertiary/aromatic N) is 2. The number of rotatable bonds is 3. The molecule has 0 unspecified atom stereocenters. The van der Waals surface area contributed by atoms with Crippen molar-refractivity contribution >= 4 is 43.5 Å². The van der Waals surface area contributed by atoms with Crippen LogP contribution in [0.15, 0.2) is 33.5 Å². The molecule has 0 aliphatic rings. The van der Waals surface area contributed by atoms with Gasteiger partial charge in [-0.3, -0.25) is 14.7 Å². The van der Waals surface area contributed by atoms with Crippen LogP contribution in [0.5, 0.6) is 0 Å². The standard InChI is InChI=1S/C13H10BrN3O3S/c1-20-12(19)6-8-5-11(18)17(16-8)13-15-9-3-2-7(14)4-10(9)21-13/h2-5,16H,6H2,1H3. The van der Waals surface area contributed by atoms with E-state index in [4.69, 9.17) is 0 Å². The van der Waals surface area contributed by atoms with Crippen molar-refractivity contribution in [3.8, 4) is 5.13 Å². The van der Waals surface area contributed by atoms with E-state index in [1.54, 1.807) is 0 Å². The first-order valence-electron chi connectivity index (χ1n) is 6.01. The van der Waals surface area contributed by atoms with E-state index in [-0.39, 0.29) is 12.0 Å². The second-order valence-corrected chi connectivity index (χ2v) is 6.24. The van der Waals surface area contributed by atoms with E-state index in [0.29, 0.717) is 10.8 Å². The monoisotopic (exact) mass is 367 g/mol. The number of esters is 1. The first-order chi connectivity index (χ1) is 10.1. The van der Waals surface area contributed by atoms with Crippen LogP contribution < -0.4 is 5.56 Å². The zero-order chi connectivity index (χ0) is 15.0. The molecule has 0 bridgehead atoms. The Balaban J connectivity index is 2.02. The highest BCUT2D eigenvalue weighted by molar-refractivity contribution is 9.10. The van der Waals surface area contributed by atoms with Gasteiger partial charge in [0.25, 0.3) is 5.56 Å². The van der Waals surface area contributed by atoms with E-state index < -0.39 is 5.97 Å². The largest absolute Gasteiger partial charge is 0.469 e. The molecule has 1 N–H and O–H groups in total. The minimum Gasteiger partial charge on any atom is -0.469 e. The van der Waals surface area contributed by atoms with Crippen LogP contribution in [-0.2, 0) is 16.0 Å². The maximum Gasteiger partial charge on any atom is 0.311 e. The fourth-order valence-electron chi connectivity index (χ4n) is 1.89. The molecule has 21 heavy (non-hydrogen) atoms. The zero-order valence-corrected chi connectivity index (χ0v) is 13.3. The van der Waals surface area contributed by atoms with Crippen LogP contribution in [0.1, 0.15) is 5.69 Å². The summed E-state index contributed by atoms with van der Waals surface area (Å²) in [5.74, 6) is -0.406. The number of aromatic amines is 1. The average molecular weight is 368 g/mol. The van der Waals surface area contributed by atoms with E-state index in [0.717, 1.165) is 14.7 Å². The van der Waals surface area contributed by atoms with Crippen molar-refractivity contribution < 1.29 is 9.53 Å². The predicted octanol–water partition coefficient (Wildman–Crippen LogP) is 2.25. The maximum absolute atomic E-state index is 12.0. The molecule has 6 nitrogen and oxygen atoms in total. The molecule has 8 heteroatoms. The van der Waals surface area contributed by atoms with Crippen molar-refractivity contribution in [1.29, 1.82) is 0 Å². The van der Waals surface area contributed by atoms with Gasteiger partial charge in [-0.25, -0.2) is 4.98 Å². The average Bonchev–Trinajstić information content (AvgIpc) is 3.01. The molecule has 0 amide bonds. The fraction of sp³-hybridized carbons (Fsp3) is 0.154. The van der Waals surface area contributed by atoms with Crippen molar-refractivity contribution in [3.63, 3.8) is 0 Å². The predicted molar refractivity (Wildman–Crippen MR) is 83.0 cm³/mol. The minimum absolute atomic E-state index is 0.0230. The molecule has 2 heterocycles. The third-order valence-electron chi connectivity index (χ3n) is 2.87. The molecule has 0 aliphatic heterocycles. The van der Waals surface area contributed by atoms with Gasteiger partial charge < -0.3 is 4.74 Å². The number of ether oxygens (including phenoxy) is 1. The van der Waals surface area contributed by atoms with Crippen LogP contribution >= 0.6 is 27.3 Å². The highest BCUT2D eigenvalue weighted by Gasteiger charge is 2.12. The summed E-state index contributed by atoms with van der Waals surface area (Å²) in [6.07, 6.45) is 0.0230. The Hall–Kier alpha value is -1.93. The number of nitrogens with one attached hydrogen (secondary N) is 1. The van der Waals surface area contributed by atoms with Crippen LogP contribution in [0.4, 0.5) is 0 Å². The Kier molecular flexibility index (Phi) is 3.64. The van der Waals surface area contributed by atoms with Crippen molar-refractivity contribution in [2.24, 2.45) is 0 Å². The van der Waals surface area contributed by atoms with Gasteiger partial charge in [0.2, 0.25) is 5.13 Å². The molecule has 0 saturated heterocycles. The van der Waals surface area contributed by atoms with E-state index in [9.17, 15) is 9.59 Å². The van der Waals surface area contributed by atoms with Crippen molar-refractivity contribution in [1.82, 2.24) is 14.8 Å².